The van der Waals surface area contributed by atoms with E-state index in [1.165, 1.54) is 21.0 Å². The minimum absolute atomic E-state index is 0.0938. The minimum atomic E-state index is -1.23. The molecular weight excluding hydrogens is 300 g/mol. The van der Waals surface area contributed by atoms with Gasteiger partial charge in [0, 0.05) is 0 Å². The zero-order chi connectivity index (χ0) is 18.4. The smallest absolute Gasteiger partial charge is 0.408 e. The third-order valence-corrected chi connectivity index (χ3v) is 3.34. The number of carbonyl (C=O) groups is 3. The van der Waals surface area contributed by atoms with Crippen LogP contribution < -0.4 is 10.6 Å². The Morgan fingerprint density at radius 3 is 2.00 bits per heavy atom. The van der Waals surface area contributed by atoms with Gasteiger partial charge in [0.05, 0.1) is 7.11 Å². The molecule has 0 aromatic heterocycles. The molecule has 0 rings (SSSR count). The van der Waals surface area contributed by atoms with Gasteiger partial charge in [-0.25, -0.2) is 9.59 Å². The second-order valence-electron chi connectivity index (χ2n) is 7.11. The van der Waals surface area contributed by atoms with E-state index in [1.807, 2.05) is 13.8 Å². The number of hydrogen-bond acceptors (Lipinski definition) is 5. The molecule has 0 heterocycles. The molecule has 2 atom stereocenters. The molecule has 7 nitrogen and oxygen atoms in total. The number of rotatable bonds is 6. The van der Waals surface area contributed by atoms with Crippen molar-refractivity contribution in [1.29, 1.82) is 0 Å². The Hall–Kier alpha value is -1.79. The first-order valence-electron chi connectivity index (χ1n) is 7.74. The molecule has 0 aromatic carbocycles. The Balaban J connectivity index is 4.96. The van der Waals surface area contributed by atoms with E-state index in [-0.39, 0.29) is 5.92 Å². The first-order chi connectivity index (χ1) is 10.3. The van der Waals surface area contributed by atoms with Crippen LogP contribution in [0.2, 0.25) is 0 Å². The fourth-order valence-electron chi connectivity index (χ4n) is 1.73. The van der Waals surface area contributed by atoms with Gasteiger partial charge in [0.15, 0.2) is 0 Å². The zero-order valence-electron chi connectivity index (χ0n) is 15.4. The molecule has 0 saturated carbocycles. The van der Waals surface area contributed by atoms with E-state index < -0.39 is 35.2 Å². The molecule has 134 valence electrons. The lowest BCUT2D eigenvalue weighted by Crippen LogP contribution is -2.59. The van der Waals surface area contributed by atoms with Crippen molar-refractivity contribution in [1.82, 2.24) is 10.6 Å². The number of amides is 2. The van der Waals surface area contributed by atoms with Crippen LogP contribution in [-0.4, -0.2) is 42.3 Å². The Morgan fingerprint density at radius 1 is 1.09 bits per heavy atom. The van der Waals surface area contributed by atoms with Gasteiger partial charge in [-0.3, -0.25) is 4.79 Å². The third kappa shape index (κ3) is 7.34. The molecule has 0 saturated heterocycles. The highest BCUT2D eigenvalue weighted by molar-refractivity contribution is 5.92. The number of hydrogen-bond donors (Lipinski definition) is 2. The van der Waals surface area contributed by atoms with Gasteiger partial charge in [-0.2, -0.15) is 0 Å². The van der Waals surface area contributed by atoms with Crippen LogP contribution in [0.5, 0.6) is 0 Å². The van der Waals surface area contributed by atoms with Gasteiger partial charge in [-0.15, -0.1) is 0 Å². The van der Waals surface area contributed by atoms with Crippen LogP contribution in [0.4, 0.5) is 4.79 Å². The summed E-state index contributed by atoms with van der Waals surface area (Å²) in [5, 5.41) is 5.15. The Kier molecular flexibility index (Phi) is 7.54. The normalized spacial score (nSPS) is 14.4. The van der Waals surface area contributed by atoms with Crippen molar-refractivity contribution < 1.29 is 23.9 Å². The van der Waals surface area contributed by atoms with E-state index in [1.54, 1.807) is 20.8 Å². The molecule has 0 radical (unpaired) electrons. The maximum atomic E-state index is 12.4. The molecule has 0 fully saturated rings. The van der Waals surface area contributed by atoms with Crippen molar-refractivity contribution in [3.63, 3.8) is 0 Å². The van der Waals surface area contributed by atoms with Gasteiger partial charge in [-0.1, -0.05) is 20.3 Å². The maximum Gasteiger partial charge on any atom is 0.408 e. The summed E-state index contributed by atoms with van der Waals surface area (Å²) >= 11 is 0. The number of carbonyl (C=O) groups excluding carboxylic acids is 3. The summed E-state index contributed by atoms with van der Waals surface area (Å²) in [5.41, 5.74) is -1.90. The standard InChI is InChI=1S/C16H30N2O5/c1-9-10(2)11(12(19)22-8)17-13(20)16(6,7)18-14(21)23-15(3,4)5/h10-11H,9H2,1-8H3,(H,17,20)(H,18,21). The van der Waals surface area contributed by atoms with E-state index >= 15 is 0 Å². The number of ether oxygens (including phenoxy) is 2. The average molecular weight is 330 g/mol. The largest absolute Gasteiger partial charge is 0.467 e. The summed E-state index contributed by atoms with van der Waals surface area (Å²) in [5.74, 6) is -1.09. The van der Waals surface area contributed by atoms with Crippen molar-refractivity contribution in [3.8, 4) is 0 Å². The van der Waals surface area contributed by atoms with Crippen molar-refractivity contribution >= 4 is 18.0 Å². The molecular formula is C16H30N2O5. The molecule has 2 amide bonds. The molecule has 0 aliphatic rings. The van der Waals surface area contributed by atoms with Crippen molar-refractivity contribution in [2.45, 2.75) is 72.1 Å². The molecule has 2 unspecified atom stereocenters. The van der Waals surface area contributed by atoms with Crippen LogP contribution in [0.15, 0.2) is 0 Å². The van der Waals surface area contributed by atoms with Gasteiger partial charge in [0.25, 0.3) is 0 Å². The fourth-order valence-corrected chi connectivity index (χ4v) is 1.73. The van der Waals surface area contributed by atoms with Crippen LogP contribution in [0, 0.1) is 5.92 Å². The summed E-state index contributed by atoms with van der Waals surface area (Å²) < 4.78 is 9.87. The molecule has 0 aliphatic heterocycles. The highest BCUT2D eigenvalue weighted by Crippen LogP contribution is 2.13. The molecule has 0 spiro atoms. The van der Waals surface area contributed by atoms with Crippen molar-refractivity contribution in [2.75, 3.05) is 7.11 Å². The second-order valence-corrected chi connectivity index (χ2v) is 7.11. The van der Waals surface area contributed by atoms with E-state index in [4.69, 9.17) is 9.47 Å². The lowest BCUT2D eigenvalue weighted by Gasteiger charge is -2.30. The summed E-state index contributed by atoms with van der Waals surface area (Å²) in [6.45, 7) is 12.0. The maximum absolute atomic E-state index is 12.4. The Labute approximate surface area is 138 Å². The number of methoxy groups -OCH3 is 1. The first-order valence-corrected chi connectivity index (χ1v) is 7.74. The molecule has 0 aliphatic carbocycles. The fraction of sp³-hybridized carbons (Fsp3) is 0.812. The van der Waals surface area contributed by atoms with Crippen molar-refractivity contribution in [3.05, 3.63) is 0 Å². The highest BCUT2D eigenvalue weighted by Gasteiger charge is 2.36. The van der Waals surface area contributed by atoms with E-state index in [0.29, 0.717) is 6.42 Å². The van der Waals surface area contributed by atoms with Gasteiger partial charge in [-0.05, 0) is 40.5 Å². The van der Waals surface area contributed by atoms with Gasteiger partial charge >= 0.3 is 12.1 Å². The van der Waals surface area contributed by atoms with Crippen LogP contribution in [0.3, 0.4) is 0 Å². The Bertz CT molecular complexity index is 440. The minimum Gasteiger partial charge on any atom is -0.467 e. The number of esters is 1. The molecule has 2 N–H and O–H groups in total. The Morgan fingerprint density at radius 2 is 1.61 bits per heavy atom. The summed E-state index contributed by atoms with van der Waals surface area (Å²) in [7, 11) is 1.27. The van der Waals surface area contributed by atoms with Crippen molar-refractivity contribution in [2.24, 2.45) is 5.92 Å². The molecule has 0 bridgehead atoms. The summed E-state index contributed by atoms with van der Waals surface area (Å²) in [6, 6.07) is -0.766. The lowest BCUT2D eigenvalue weighted by molar-refractivity contribution is -0.147. The average Bonchev–Trinajstić information content (AvgIpc) is 2.39. The predicted octanol–water partition coefficient (Wildman–Crippen LogP) is 1.99. The number of nitrogens with one attached hydrogen (secondary N) is 2. The summed E-state index contributed by atoms with van der Waals surface area (Å²) in [4.78, 5) is 36.1. The molecule has 23 heavy (non-hydrogen) atoms. The van der Waals surface area contributed by atoms with Crippen LogP contribution in [0.25, 0.3) is 0 Å². The zero-order valence-corrected chi connectivity index (χ0v) is 15.4. The lowest BCUT2D eigenvalue weighted by atomic mass is 9.97. The topological polar surface area (TPSA) is 93.7 Å². The van der Waals surface area contributed by atoms with Crippen LogP contribution >= 0.6 is 0 Å². The number of alkyl carbamates (subject to hydrolysis) is 1. The SMILES string of the molecule is CCC(C)C(NC(=O)C(C)(C)NC(=O)OC(C)(C)C)C(=O)OC. The van der Waals surface area contributed by atoms with E-state index in [0.717, 1.165) is 0 Å². The van der Waals surface area contributed by atoms with E-state index in [9.17, 15) is 14.4 Å². The van der Waals surface area contributed by atoms with Crippen LogP contribution in [-0.2, 0) is 19.1 Å². The predicted molar refractivity (Wildman–Crippen MR) is 86.9 cm³/mol. The van der Waals surface area contributed by atoms with E-state index in [2.05, 4.69) is 10.6 Å². The van der Waals surface area contributed by atoms with Crippen LogP contribution in [0.1, 0.15) is 54.9 Å². The second kappa shape index (κ2) is 8.17. The highest BCUT2D eigenvalue weighted by atomic mass is 16.6. The first kappa shape index (κ1) is 21.2. The monoisotopic (exact) mass is 330 g/mol. The quantitative estimate of drug-likeness (QED) is 0.727. The summed E-state index contributed by atoms with van der Waals surface area (Å²) in [6.07, 6.45) is -0.00391. The van der Waals surface area contributed by atoms with Gasteiger partial charge in [0.1, 0.15) is 17.2 Å². The molecule has 0 aromatic rings. The van der Waals surface area contributed by atoms with Gasteiger partial charge in [0.2, 0.25) is 5.91 Å². The van der Waals surface area contributed by atoms with Gasteiger partial charge < -0.3 is 20.1 Å². The molecule has 7 heteroatoms. The third-order valence-electron chi connectivity index (χ3n) is 3.34.